The van der Waals surface area contributed by atoms with E-state index in [0.717, 1.165) is 25.1 Å². The number of hydrogen-bond acceptors (Lipinski definition) is 7. The van der Waals surface area contributed by atoms with Gasteiger partial charge in [0, 0.05) is 17.2 Å². The molecule has 0 N–H and O–H groups in total. The molecule has 1 rings (SSSR count). The molecule has 0 fully saturated rings. The van der Waals surface area contributed by atoms with Crippen LogP contribution < -0.4 is 10.2 Å². The maximum atomic E-state index is 11.1. The molecule has 1 aromatic carbocycles. The molecule has 1 aromatic rings. The van der Waals surface area contributed by atoms with Crippen LogP contribution in [0.1, 0.15) is 28.8 Å². The molecule has 0 bridgehead atoms. The zero-order chi connectivity index (χ0) is 14.7. The second-order valence-electron chi connectivity index (χ2n) is 3.66. The Kier molecular flexibility index (Phi) is 3.95. The lowest BCUT2D eigenvalue weighted by Crippen LogP contribution is -2.41. The first-order chi connectivity index (χ1) is 8.75. The molecule has 19 heavy (non-hydrogen) atoms. The van der Waals surface area contributed by atoms with Crippen LogP contribution in [0, 0.1) is 10.1 Å². The number of nitro benzene ring substituents is 1. The minimum atomic E-state index is -2.28. The lowest BCUT2D eigenvalue weighted by Gasteiger charge is -2.19. The second kappa shape index (κ2) is 5.25. The van der Waals surface area contributed by atoms with Gasteiger partial charge in [-0.1, -0.05) is 12.1 Å². The van der Waals surface area contributed by atoms with Crippen molar-refractivity contribution in [2.24, 2.45) is 0 Å². The average Bonchev–Trinajstić information content (AvgIpc) is 2.27. The van der Waals surface area contributed by atoms with Crippen LogP contribution in [0.5, 0.6) is 0 Å². The number of carboxylic acid groups (broad SMARTS) is 2. The Labute approximate surface area is 106 Å². The number of carbonyl (C=O) groups is 3. The Morgan fingerprint density at radius 2 is 1.68 bits per heavy atom. The van der Waals surface area contributed by atoms with E-state index in [9.17, 15) is 34.7 Å². The van der Waals surface area contributed by atoms with E-state index in [0.29, 0.717) is 0 Å². The number of benzene rings is 1. The van der Waals surface area contributed by atoms with E-state index >= 15 is 0 Å². The first-order valence-electron chi connectivity index (χ1n) is 4.96. The molecular formula is C11H7NO7-2. The highest BCUT2D eigenvalue weighted by Gasteiger charge is 2.25. The van der Waals surface area contributed by atoms with Gasteiger partial charge in [-0.05, 0) is 6.92 Å². The number of hydrogen-bond donors (Lipinski definition) is 0. The molecule has 0 aromatic heterocycles. The van der Waals surface area contributed by atoms with Crippen molar-refractivity contribution in [3.63, 3.8) is 0 Å². The lowest BCUT2D eigenvalue weighted by molar-refractivity contribution is -0.386. The Balaban J connectivity index is 3.50. The summed E-state index contributed by atoms with van der Waals surface area (Å²) in [5, 5.41) is 32.2. The average molecular weight is 265 g/mol. The summed E-state index contributed by atoms with van der Waals surface area (Å²) in [6.45, 7) is 1.16. The summed E-state index contributed by atoms with van der Waals surface area (Å²) >= 11 is 0. The summed E-state index contributed by atoms with van der Waals surface area (Å²) in [5.74, 6) is -6.81. The van der Waals surface area contributed by atoms with Crippen LogP contribution in [0.15, 0.2) is 18.2 Å². The van der Waals surface area contributed by atoms with Crippen molar-refractivity contribution in [1.29, 1.82) is 0 Å². The maximum absolute atomic E-state index is 11.1. The van der Waals surface area contributed by atoms with Crippen LogP contribution in [0.2, 0.25) is 0 Å². The smallest absolute Gasteiger partial charge is 0.274 e. The number of carbonyl (C=O) groups excluding carboxylic acids is 3. The zero-order valence-corrected chi connectivity index (χ0v) is 9.61. The molecule has 8 nitrogen and oxygen atoms in total. The quantitative estimate of drug-likeness (QED) is 0.269. The van der Waals surface area contributed by atoms with E-state index in [1.807, 2.05) is 0 Å². The maximum Gasteiger partial charge on any atom is 0.274 e. The number of aliphatic carboxylic acids is 2. The monoisotopic (exact) mass is 265 g/mol. The number of rotatable bonds is 5. The molecule has 0 aliphatic heterocycles. The summed E-state index contributed by atoms with van der Waals surface area (Å²) < 4.78 is 0. The van der Waals surface area contributed by atoms with Gasteiger partial charge in [-0.15, -0.1) is 0 Å². The first-order valence-corrected chi connectivity index (χ1v) is 4.96. The molecular weight excluding hydrogens is 258 g/mol. The lowest BCUT2D eigenvalue weighted by atomic mass is 9.95. The van der Waals surface area contributed by atoms with Crippen LogP contribution in [-0.4, -0.2) is 22.6 Å². The second-order valence-corrected chi connectivity index (χ2v) is 3.66. The summed E-state index contributed by atoms with van der Waals surface area (Å²) in [4.78, 5) is 42.4. The fourth-order valence-corrected chi connectivity index (χ4v) is 1.52. The number of nitrogens with zero attached hydrogens (tertiary/aromatic N) is 1. The van der Waals surface area contributed by atoms with Crippen LogP contribution in [-0.2, 0) is 9.59 Å². The highest BCUT2D eigenvalue weighted by atomic mass is 16.6. The van der Waals surface area contributed by atoms with Crippen molar-refractivity contribution in [1.82, 2.24) is 0 Å². The van der Waals surface area contributed by atoms with Crippen molar-refractivity contribution < 1.29 is 29.5 Å². The van der Waals surface area contributed by atoms with Gasteiger partial charge < -0.3 is 19.8 Å². The van der Waals surface area contributed by atoms with Gasteiger partial charge in [-0.3, -0.25) is 14.9 Å². The zero-order valence-electron chi connectivity index (χ0n) is 9.61. The van der Waals surface area contributed by atoms with Crippen LogP contribution in [0.25, 0.3) is 0 Å². The number of Topliss-reactive ketones (excluding diaryl/α,β-unsaturated/α-hetero) is 1. The van der Waals surface area contributed by atoms with Gasteiger partial charge in [-0.2, -0.15) is 0 Å². The Morgan fingerprint density at radius 3 is 2.05 bits per heavy atom. The summed E-state index contributed by atoms with van der Waals surface area (Å²) in [6.07, 6.45) is 0. The van der Waals surface area contributed by atoms with Gasteiger partial charge in [0.05, 0.1) is 22.8 Å². The van der Waals surface area contributed by atoms with Crippen LogP contribution >= 0.6 is 0 Å². The topological polar surface area (TPSA) is 140 Å². The van der Waals surface area contributed by atoms with Crippen molar-refractivity contribution in [2.45, 2.75) is 12.8 Å². The van der Waals surface area contributed by atoms with Gasteiger partial charge in [0.25, 0.3) is 5.69 Å². The third-order valence-electron chi connectivity index (χ3n) is 2.42. The molecule has 0 heterocycles. The number of nitro groups is 1. The molecule has 0 saturated heterocycles. The van der Waals surface area contributed by atoms with Crippen molar-refractivity contribution in [3.05, 3.63) is 39.4 Å². The molecule has 0 amide bonds. The molecule has 0 aliphatic rings. The van der Waals surface area contributed by atoms with Gasteiger partial charge in [-0.25, -0.2) is 0 Å². The Morgan fingerprint density at radius 1 is 1.16 bits per heavy atom. The fourth-order valence-electron chi connectivity index (χ4n) is 1.52. The predicted octanol–water partition coefficient (Wildman–Crippen LogP) is -1.62. The van der Waals surface area contributed by atoms with E-state index in [1.165, 1.54) is 0 Å². The Bertz CT molecular complexity index is 564. The molecule has 100 valence electrons. The van der Waals surface area contributed by atoms with Crippen molar-refractivity contribution in [2.75, 3.05) is 0 Å². The highest BCUT2D eigenvalue weighted by Crippen LogP contribution is 2.27. The SMILES string of the molecule is CC(=O)c1ccc(C(C(=O)[O-])C(=O)[O-])c([N+](=O)[O-])c1. The fraction of sp³-hybridized carbons (Fsp3) is 0.182. The number of carboxylic acids is 2. The summed E-state index contributed by atoms with van der Waals surface area (Å²) in [5.41, 5.74) is -1.42. The molecule has 0 atom stereocenters. The van der Waals surface area contributed by atoms with Crippen molar-refractivity contribution in [3.8, 4) is 0 Å². The third kappa shape index (κ3) is 2.92. The first kappa shape index (κ1) is 14.3. The van der Waals surface area contributed by atoms with Crippen molar-refractivity contribution >= 4 is 23.4 Å². The molecule has 0 spiro atoms. The molecule has 0 saturated carbocycles. The van der Waals surface area contributed by atoms with Gasteiger partial charge >= 0.3 is 0 Å². The standard InChI is InChI=1S/C11H9NO7/c1-5(13)6-2-3-7(8(4-6)12(18)19)9(10(14)15)11(16)17/h2-4,9H,1H3,(H,14,15)(H,16,17)/p-2. The van der Waals surface area contributed by atoms with Crippen LogP contribution in [0.3, 0.4) is 0 Å². The van der Waals surface area contributed by atoms with E-state index in [1.54, 1.807) is 0 Å². The van der Waals surface area contributed by atoms with E-state index in [4.69, 9.17) is 0 Å². The predicted molar refractivity (Wildman–Crippen MR) is 55.9 cm³/mol. The minimum absolute atomic E-state index is 0.0362. The summed E-state index contributed by atoms with van der Waals surface area (Å²) in [6, 6.07) is 2.81. The molecule has 0 unspecified atom stereocenters. The van der Waals surface area contributed by atoms with Gasteiger partial charge in [0.1, 0.15) is 0 Å². The molecule has 8 heteroatoms. The Hall–Kier alpha value is -2.77. The van der Waals surface area contributed by atoms with Crippen LogP contribution in [0.4, 0.5) is 5.69 Å². The molecule has 0 radical (unpaired) electrons. The summed E-state index contributed by atoms with van der Waals surface area (Å²) in [7, 11) is 0. The van der Waals surface area contributed by atoms with Gasteiger partial charge in [0.15, 0.2) is 5.78 Å². The van der Waals surface area contributed by atoms with E-state index < -0.39 is 39.8 Å². The van der Waals surface area contributed by atoms with E-state index in [2.05, 4.69) is 0 Å². The minimum Gasteiger partial charge on any atom is -0.549 e. The third-order valence-corrected chi connectivity index (χ3v) is 2.42. The number of ketones is 1. The largest absolute Gasteiger partial charge is 0.549 e. The highest BCUT2D eigenvalue weighted by molar-refractivity contribution is 5.99. The van der Waals surface area contributed by atoms with E-state index in [-0.39, 0.29) is 5.56 Å². The van der Waals surface area contributed by atoms with Gasteiger partial charge in [0.2, 0.25) is 0 Å². The normalized spacial score (nSPS) is 10.2. The molecule has 0 aliphatic carbocycles.